The number of morpholine rings is 1. The summed E-state index contributed by atoms with van der Waals surface area (Å²) in [5.74, 6) is -0.110. The van der Waals surface area contributed by atoms with Gasteiger partial charge >= 0.3 is 0 Å². The number of ether oxygens (including phenoxy) is 1. The fraction of sp³-hybridized carbons (Fsp3) is 0.217. The second-order valence-electron chi connectivity index (χ2n) is 7.54. The van der Waals surface area contributed by atoms with Gasteiger partial charge in [-0.15, -0.1) is 11.3 Å². The quantitative estimate of drug-likeness (QED) is 0.406. The first kappa shape index (κ1) is 21.1. The molecule has 3 N–H and O–H groups in total. The molecule has 1 aliphatic rings. The number of nitrogens with one attached hydrogen (secondary N) is 3. The first-order valence-corrected chi connectivity index (χ1v) is 11.4. The molecule has 10 heteroatoms. The van der Waals surface area contributed by atoms with E-state index in [0.717, 1.165) is 29.3 Å². The fourth-order valence-electron chi connectivity index (χ4n) is 3.67. The highest BCUT2D eigenvalue weighted by atomic mass is 32.1. The summed E-state index contributed by atoms with van der Waals surface area (Å²) in [7, 11) is 0. The SMILES string of the molecule is O=C(NCc1nccs1)c1ccc2[nH]nc(NC(=O)c3ccc(N4CCOCC4)cc3)c2c1. The molecule has 0 spiro atoms. The van der Waals surface area contributed by atoms with E-state index in [-0.39, 0.29) is 11.8 Å². The Bertz CT molecular complexity index is 1260. The van der Waals surface area contributed by atoms with Crippen LogP contribution in [0.1, 0.15) is 25.7 Å². The number of fused-ring (bicyclic) bond motifs is 1. The molecule has 1 aliphatic heterocycles. The molecule has 9 nitrogen and oxygen atoms in total. The first-order valence-electron chi connectivity index (χ1n) is 10.6. The van der Waals surface area contributed by atoms with Crippen molar-refractivity contribution in [3.05, 3.63) is 70.2 Å². The molecule has 1 fully saturated rings. The number of hydrogen-bond acceptors (Lipinski definition) is 7. The molecule has 5 rings (SSSR count). The van der Waals surface area contributed by atoms with Crippen molar-refractivity contribution in [2.24, 2.45) is 0 Å². The predicted molar refractivity (Wildman–Crippen MR) is 127 cm³/mol. The molecule has 2 aromatic carbocycles. The van der Waals surface area contributed by atoms with Gasteiger partial charge in [-0.2, -0.15) is 5.10 Å². The van der Waals surface area contributed by atoms with Crippen LogP contribution in [0.25, 0.3) is 10.9 Å². The zero-order chi connectivity index (χ0) is 22.6. The Morgan fingerprint density at radius 1 is 1.06 bits per heavy atom. The highest BCUT2D eigenvalue weighted by Gasteiger charge is 2.15. The minimum absolute atomic E-state index is 0.218. The highest BCUT2D eigenvalue weighted by molar-refractivity contribution is 7.09. The molecule has 33 heavy (non-hydrogen) atoms. The molecule has 0 unspecified atom stereocenters. The van der Waals surface area contributed by atoms with Crippen molar-refractivity contribution in [2.45, 2.75) is 6.54 Å². The van der Waals surface area contributed by atoms with Gasteiger partial charge < -0.3 is 20.3 Å². The van der Waals surface area contributed by atoms with Crippen LogP contribution in [0, 0.1) is 0 Å². The summed E-state index contributed by atoms with van der Waals surface area (Å²) < 4.78 is 5.39. The molecule has 1 saturated heterocycles. The van der Waals surface area contributed by atoms with Crippen molar-refractivity contribution < 1.29 is 14.3 Å². The van der Waals surface area contributed by atoms with Crippen LogP contribution in [0.4, 0.5) is 11.5 Å². The lowest BCUT2D eigenvalue weighted by atomic mass is 10.1. The summed E-state index contributed by atoms with van der Waals surface area (Å²) in [5.41, 5.74) is 2.80. The number of nitrogens with zero attached hydrogens (tertiary/aromatic N) is 3. The van der Waals surface area contributed by atoms with Crippen molar-refractivity contribution in [1.29, 1.82) is 0 Å². The normalized spacial score (nSPS) is 13.8. The molecule has 4 aromatic rings. The van der Waals surface area contributed by atoms with Gasteiger partial charge in [0, 0.05) is 46.9 Å². The molecule has 0 atom stereocenters. The van der Waals surface area contributed by atoms with E-state index in [1.165, 1.54) is 11.3 Å². The predicted octanol–water partition coefficient (Wildman–Crippen LogP) is 3.04. The van der Waals surface area contributed by atoms with E-state index in [1.807, 2.05) is 17.5 Å². The molecule has 168 valence electrons. The van der Waals surface area contributed by atoms with Gasteiger partial charge in [0.1, 0.15) is 5.01 Å². The van der Waals surface area contributed by atoms with Crippen LogP contribution in [-0.2, 0) is 11.3 Å². The Morgan fingerprint density at radius 2 is 1.85 bits per heavy atom. The van der Waals surface area contributed by atoms with E-state index in [0.29, 0.717) is 42.1 Å². The van der Waals surface area contributed by atoms with E-state index in [2.05, 4.69) is 30.7 Å². The number of thiazole rings is 1. The molecular formula is C23H22N6O3S. The number of carbonyl (C=O) groups excluding carboxylic acids is 2. The second kappa shape index (κ2) is 9.39. The van der Waals surface area contributed by atoms with E-state index in [9.17, 15) is 9.59 Å². The maximum absolute atomic E-state index is 12.8. The van der Waals surface area contributed by atoms with Crippen LogP contribution in [-0.4, -0.2) is 53.3 Å². The standard InChI is InChI=1S/C23H22N6O3S/c30-22(25-14-20-24-7-12-33-20)16-3-6-19-18(13-16)21(28-27-19)26-23(31)15-1-4-17(5-2-15)29-8-10-32-11-9-29/h1-7,12-13H,8-11,14H2,(H,25,30)(H2,26,27,28,31). The third kappa shape index (κ3) is 4.71. The summed E-state index contributed by atoms with van der Waals surface area (Å²) in [6, 6.07) is 12.7. The summed E-state index contributed by atoms with van der Waals surface area (Å²) in [5, 5.41) is 16.2. The lowest BCUT2D eigenvalue weighted by molar-refractivity contribution is 0.0950. The van der Waals surface area contributed by atoms with Gasteiger partial charge in [-0.3, -0.25) is 14.7 Å². The zero-order valence-electron chi connectivity index (χ0n) is 17.7. The van der Waals surface area contributed by atoms with Gasteiger partial charge in [0.2, 0.25) is 0 Å². The number of aromatic nitrogens is 3. The largest absolute Gasteiger partial charge is 0.378 e. The lowest BCUT2D eigenvalue weighted by Gasteiger charge is -2.28. The van der Waals surface area contributed by atoms with Crippen LogP contribution in [0.5, 0.6) is 0 Å². The van der Waals surface area contributed by atoms with Crippen molar-refractivity contribution in [3.8, 4) is 0 Å². The Kier molecular flexibility index (Phi) is 6.01. The van der Waals surface area contributed by atoms with Gasteiger partial charge in [0.25, 0.3) is 11.8 Å². The number of H-pyrrole nitrogens is 1. The summed E-state index contributed by atoms with van der Waals surface area (Å²) in [6.45, 7) is 3.46. The Hall–Kier alpha value is -3.76. The Balaban J connectivity index is 1.28. The number of rotatable bonds is 6. The van der Waals surface area contributed by atoms with E-state index >= 15 is 0 Å². The summed E-state index contributed by atoms with van der Waals surface area (Å²) in [6.07, 6.45) is 1.70. The number of amides is 2. The molecule has 0 aliphatic carbocycles. The second-order valence-corrected chi connectivity index (χ2v) is 8.52. The highest BCUT2D eigenvalue weighted by Crippen LogP contribution is 2.23. The monoisotopic (exact) mass is 462 g/mol. The van der Waals surface area contributed by atoms with Crippen LogP contribution < -0.4 is 15.5 Å². The van der Waals surface area contributed by atoms with Crippen molar-refractivity contribution >= 4 is 45.6 Å². The molecule has 2 aromatic heterocycles. The molecule has 0 radical (unpaired) electrons. The van der Waals surface area contributed by atoms with Gasteiger partial charge in [-0.25, -0.2) is 4.98 Å². The van der Waals surface area contributed by atoms with Crippen LogP contribution in [0.3, 0.4) is 0 Å². The third-order valence-corrected chi connectivity index (χ3v) is 6.23. The molecule has 2 amide bonds. The smallest absolute Gasteiger partial charge is 0.256 e. The minimum atomic E-state index is -0.268. The van der Waals surface area contributed by atoms with Crippen molar-refractivity contribution in [1.82, 2.24) is 20.5 Å². The lowest BCUT2D eigenvalue weighted by Crippen LogP contribution is -2.36. The Labute approximate surface area is 193 Å². The van der Waals surface area contributed by atoms with E-state index in [4.69, 9.17) is 4.74 Å². The topological polar surface area (TPSA) is 112 Å². The number of anilines is 2. The number of carbonyl (C=O) groups is 2. The van der Waals surface area contributed by atoms with Crippen LogP contribution in [0.2, 0.25) is 0 Å². The number of aromatic amines is 1. The first-order chi connectivity index (χ1) is 16.2. The van der Waals surface area contributed by atoms with Gasteiger partial charge in [0.15, 0.2) is 5.82 Å². The van der Waals surface area contributed by atoms with Crippen molar-refractivity contribution in [2.75, 3.05) is 36.5 Å². The van der Waals surface area contributed by atoms with E-state index in [1.54, 1.807) is 36.5 Å². The fourth-order valence-corrected chi connectivity index (χ4v) is 4.23. The number of benzene rings is 2. The summed E-state index contributed by atoms with van der Waals surface area (Å²) in [4.78, 5) is 31.8. The van der Waals surface area contributed by atoms with Crippen LogP contribution >= 0.6 is 11.3 Å². The molecule has 3 heterocycles. The number of hydrogen-bond donors (Lipinski definition) is 3. The zero-order valence-corrected chi connectivity index (χ0v) is 18.5. The average Bonchev–Trinajstić information content (AvgIpc) is 3.53. The minimum Gasteiger partial charge on any atom is -0.378 e. The van der Waals surface area contributed by atoms with E-state index < -0.39 is 0 Å². The van der Waals surface area contributed by atoms with Gasteiger partial charge in [-0.1, -0.05) is 0 Å². The summed E-state index contributed by atoms with van der Waals surface area (Å²) >= 11 is 1.48. The molecular weight excluding hydrogens is 440 g/mol. The maximum Gasteiger partial charge on any atom is 0.256 e. The van der Waals surface area contributed by atoms with Gasteiger partial charge in [0.05, 0.1) is 25.3 Å². The van der Waals surface area contributed by atoms with Crippen molar-refractivity contribution in [3.63, 3.8) is 0 Å². The van der Waals surface area contributed by atoms with Crippen LogP contribution in [0.15, 0.2) is 54.0 Å². The molecule has 0 saturated carbocycles. The maximum atomic E-state index is 12.8. The molecule has 0 bridgehead atoms. The van der Waals surface area contributed by atoms with Gasteiger partial charge in [-0.05, 0) is 42.5 Å². The Morgan fingerprint density at radius 3 is 2.61 bits per heavy atom. The average molecular weight is 463 g/mol. The third-order valence-electron chi connectivity index (χ3n) is 5.45.